The fraction of sp³-hybridized carbons (Fsp3) is 0.375. The van der Waals surface area contributed by atoms with E-state index < -0.39 is 0 Å². The molecular weight excluding hydrogens is 270 g/mol. The summed E-state index contributed by atoms with van der Waals surface area (Å²) in [5, 5.41) is 5.62. The van der Waals surface area contributed by atoms with Crippen LogP contribution in [0.4, 0.5) is 0 Å². The van der Waals surface area contributed by atoms with E-state index in [1.807, 2.05) is 19.1 Å². The Hall–Kier alpha value is -1.52. The summed E-state index contributed by atoms with van der Waals surface area (Å²) in [5.74, 6) is 1.62. The van der Waals surface area contributed by atoms with Gasteiger partial charge in [-0.05, 0) is 31.4 Å². The maximum absolute atomic E-state index is 5.60. The number of benzene rings is 1. The van der Waals surface area contributed by atoms with Crippen molar-refractivity contribution in [3.63, 3.8) is 0 Å². The molecule has 2 rings (SSSR count). The summed E-state index contributed by atoms with van der Waals surface area (Å²) in [4.78, 5) is 1.34. The van der Waals surface area contributed by atoms with E-state index in [4.69, 9.17) is 9.47 Å². The molecule has 20 heavy (non-hydrogen) atoms. The van der Waals surface area contributed by atoms with Gasteiger partial charge in [0.2, 0.25) is 0 Å². The summed E-state index contributed by atoms with van der Waals surface area (Å²) in [6.45, 7) is 5.54. The van der Waals surface area contributed by atoms with Crippen molar-refractivity contribution < 1.29 is 9.47 Å². The quantitative estimate of drug-likeness (QED) is 0.836. The summed E-state index contributed by atoms with van der Waals surface area (Å²) in [6, 6.07) is 10.6. The minimum atomic E-state index is 0.329. The van der Waals surface area contributed by atoms with Crippen molar-refractivity contribution in [2.24, 2.45) is 0 Å². The number of nitrogens with one attached hydrogen (secondary N) is 1. The standard InChI is InChI=1S/C16H21NO2S/c1-4-19-14-8-5-7-13(16(14)18-3)11-17-12(2)15-9-6-10-20-15/h5-10,12,17H,4,11H2,1-3H3/t12-/m1/s1. The van der Waals surface area contributed by atoms with Crippen LogP contribution in [0.3, 0.4) is 0 Å². The lowest BCUT2D eigenvalue weighted by molar-refractivity contribution is 0.308. The first-order valence-electron chi connectivity index (χ1n) is 6.81. The van der Waals surface area contributed by atoms with E-state index in [1.165, 1.54) is 4.88 Å². The lowest BCUT2D eigenvalue weighted by Gasteiger charge is -2.16. The van der Waals surface area contributed by atoms with Crippen molar-refractivity contribution in [3.05, 3.63) is 46.2 Å². The fourth-order valence-electron chi connectivity index (χ4n) is 2.10. The first-order chi connectivity index (χ1) is 9.76. The third-order valence-electron chi connectivity index (χ3n) is 3.13. The summed E-state index contributed by atoms with van der Waals surface area (Å²) < 4.78 is 11.1. The Morgan fingerprint density at radius 1 is 1.25 bits per heavy atom. The van der Waals surface area contributed by atoms with Crippen LogP contribution in [-0.2, 0) is 6.54 Å². The van der Waals surface area contributed by atoms with E-state index in [2.05, 4.69) is 35.8 Å². The first kappa shape index (κ1) is 14.9. The zero-order valence-electron chi connectivity index (χ0n) is 12.2. The number of hydrogen-bond donors (Lipinski definition) is 1. The Kier molecular flexibility index (Phi) is 5.44. The van der Waals surface area contributed by atoms with Gasteiger partial charge in [0, 0.05) is 23.0 Å². The number of rotatable bonds is 7. The van der Waals surface area contributed by atoms with E-state index in [0.29, 0.717) is 12.6 Å². The second-order valence-corrected chi connectivity index (χ2v) is 5.48. The van der Waals surface area contributed by atoms with Crippen LogP contribution in [0.15, 0.2) is 35.7 Å². The Labute approximate surface area is 124 Å². The maximum Gasteiger partial charge on any atom is 0.165 e. The number of ether oxygens (including phenoxy) is 2. The fourth-order valence-corrected chi connectivity index (χ4v) is 2.86. The zero-order valence-corrected chi connectivity index (χ0v) is 13.0. The van der Waals surface area contributed by atoms with Crippen LogP contribution in [-0.4, -0.2) is 13.7 Å². The first-order valence-corrected chi connectivity index (χ1v) is 7.69. The Balaban J connectivity index is 2.07. The van der Waals surface area contributed by atoms with Crippen molar-refractivity contribution in [3.8, 4) is 11.5 Å². The van der Waals surface area contributed by atoms with E-state index in [1.54, 1.807) is 18.4 Å². The van der Waals surface area contributed by atoms with Crippen LogP contribution in [0.5, 0.6) is 11.5 Å². The topological polar surface area (TPSA) is 30.5 Å². The van der Waals surface area contributed by atoms with Crippen LogP contribution in [0.1, 0.15) is 30.3 Å². The zero-order chi connectivity index (χ0) is 14.4. The number of para-hydroxylation sites is 1. The highest BCUT2D eigenvalue weighted by molar-refractivity contribution is 7.10. The number of hydrogen-bond acceptors (Lipinski definition) is 4. The lowest BCUT2D eigenvalue weighted by Crippen LogP contribution is -2.17. The van der Waals surface area contributed by atoms with Crippen molar-refractivity contribution >= 4 is 11.3 Å². The molecule has 3 nitrogen and oxygen atoms in total. The van der Waals surface area contributed by atoms with Crippen molar-refractivity contribution in [2.75, 3.05) is 13.7 Å². The van der Waals surface area contributed by atoms with Crippen LogP contribution in [0.2, 0.25) is 0 Å². The van der Waals surface area contributed by atoms with E-state index in [0.717, 1.165) is 23.6 Å². The van der Waals surface area contributed by atoms with Gasteiger partial charge in [-0.25, -0.2) is 0 Å². The van der Waals surface area contributed by atoms with Gasteiger partial charge in [0.1, 0.15) is 0 Å². The van der Waals surface area contributed by atoms with Gasteiger partial charge < -0.3 is 14.8 Å². The van der Waals surface area contributed by atoms with Crippen LogP contribution in [0, 0.1) is 0 Å². The molecule has 0 bridgehead atoms. The van der Waals surface area contributed by atoms with Gasteiger partial charge in [0.25, 0.3) is 0 Å². The van der Waals surface area contributed by atoms with Gasteiger partial charge in [-0.3, -0.25) is 0 Å². The third kappa shape index (κ3) is 3.52. The normalized spacial score (nSPS) is 12.2. The Morgan fingerprint density at radius 2 is 2.10 bits per heavy atom. The number of methoxy groups -OCH3 is 1. The SMILES string of the molecule is CCOc1cccc(CN[C@H](C)c2cccs2)c1OC. The molecule has 1 aromatic carbocycles. The molecule has 1 atom stereocenters. The average Bonchev–Trinajstić information content (AvgIpc) is 2.99. The molecule has 0 unspecified atom stereocenters. The van der Waals surface area contributed by atoms with Gasteiger partial charge in [0.15, 0.2) is 11.5 Å². The summed E-state index contributed by atoms with van der Waals surface area (Å²) >= 11 is 1.77. The molecule has 1 aromatic heterocycles. The van der Waals surface area contributed by atoms with Crippen LogP contribution in [0.25, 0.3) is 0 Å². The highest BCUT2D eigenvalue weighted by atomic mass is 32.1. The molecule has 0 amide bonds. The Morgan fingerprint density at radius 3 is 2.75 bits per heavy atom. The van der Waals surface area contributed by atoms with Gasteiger partial charge in [-0.1, -0.05) is 18.2 Å². The predicted molar refractivity (Wildman–Crippen MR) is 83.7 cm³/mol. The summed E-state index contributed by atoms with van der Waals surface area (Å²) in [6.07, 6.45) is 0. The minimum Gasteiger partial charge on any atom is -0.493 e. The highest BCUT2D eigenvalue weighted by Gasteiger charge is 2.11. The predicted octanol–water partition coefficient (Wildman–Crippen LogP) is 4.01. The largest absolute Gasteiger partial charge is 0.493 e. The van der Waals surface area contributed by atoms with Crippen molar-refractivity contribution in [1.82, 2.24) is 5.32 Å². The van der Waals surface area contributed by atoms with Crippen LogP contribution >= 0.6 is 11.3 Å². The molecule has 0 aliphatic rings. The second-order valence-electron chi connectivity index (χ2n) is 4.50. The maximum atomic E-state index is 5.60. The molecule has 0 fully saturated rings. The molecule has 1 N–H and O–H groups in total. The lowest BCUT2D eigenvalue weighted by atomic mass is 10.1. The average molecular weight is 291 g/mol. The highest BCUT2D eigenvalue weighted by Crippen LogP contribution is 2.31. The second kappa shape index (κ2) is 7.31. The molecule has 2 aromatic rings. The van der Waals surface area contributed by atoms with E-state index in [-0.39, 0.29) is 0 Å². The molecule has 0 aliphatic heterocycles. The molecule has 0 spiro atoms. The smallest absolute Gasteiger partial charge is 0.165 e. The van der Waals surface area contributed by atoms with E-state index >= 15 is 0 Å². The monoisotopic (exact) mass is 291 g/mol. The minimum absolute atomic E-state index is 0.329. The third-order valence-corrected chi connectivity index (χ3v) is 4.19. The Bertz CT molecular complexity index is 525. The summed E-state index contributed by atoms with van der Waals surface area (Å²) in [7, 11) is 1.68. The van der Waals surface area contributed by atoms with Gasteiger partial charge >= 0.3 is 0 Å². The molecule has 0 saturated carbocycles. The van der Waals surface area contributed by atoms with Gasteiger partial charge in [0.05, 0.1) is 13.7 Å². The van der Waals surface area contributed by atoms with Crippen molar-refractivity contribution in [2.45, 2.75) is 26.4 Å². The molecule has 0 radical (unpaired) electrons. The molecular formula is C16H21NO2S. The molecule has 0 saturated heterocycles. The molecule has 108 valence electrons. The van der Waals surface area contributed by atoms with Gasteiger partial charge in [-0.2, -0.15) is 0 Å². The molecule has 4 heteroatoms. The number of thiophene rings is 1. The van der Waals surface area contributed by atoms with E-state index in [9.17, 15) is 0 Å². The van der Waals surface area contributed by atoms with Crippen molar-refractivity contribution in [1.29, 1.82) is 0 Å². The van der Waals surface area contributed by atoms with Crippen LogP contribution < -0.4 is 14.8 Å². The molecule has 0 aliphatic carbocycles. The van der Waals surface area contributed by atoms with Gasteiger partial charge in [-0.15, -0.1) is 11.3 Å². The summed E-state index contributed by atoms with van der Waals surface area (Å²) in [5.41, 5.74) is 1.11. The molecule has 1 heterocycles.